The Morgan fingerprint density at radius 3 is 2.13 bits per heavy atom. The van der Waals surface area contributed by atoms with Crippen molar-refractivity contribution in [2.75, 3.05) is 13.2 Å². The molecule has 0 bridgehead atoms. The highest BCUT2D eigenvalue weighted by molar-refractivity contribution is 5.87. The van der Waals surface area contributed by atoms with Gasteiger partial charge in [-0.1, -0.05) is 67.6 Å². The maximum atomic E-state index is 13.2. The Balaban J connectivity index is 2.16. The lowest BCUT2D eigenvalue weighted by atomic mass is 10.0. The third-order valence-electron chi connectivity index (χ3n) is 4.84. The van der Waals surface area contributed by atoms with Gasteiger partial charge < -0.3 is 15.0 Å². The van der Waals surface area contributed by atoms with Gasteiger partial charge in [0.15, 0.2) is 0 Å². The molecule has 0 fully saturated rings. The second-order valence-corrected chi connectivity index (χ2v) is 7.63. The lowest BCUT2D eigenvalue weighted by molar-refractivity contribution is -0.141. The molecule has 162 valence electrons. The van der Waals surface area contributed by atoms with Crippen molar-refractivity contribution in [2.45, 2.75) is 58.7 Å². The summed E-state index contributed by atoms with van der Waals surface area (Å²) in [5.74, 6) is -0.154. The molecule has 0 saturated heterocycles. The summed E-state index contributed by atoms with van der Waals surface area (Å²) in [5.41, 5.74) is 2.04. The van der Waals surface area contributed by atoms with Gasteiger partial charge in [0, 0.05) is 32.5 Å². The molecule has 1 atom stereocenters. The first-order valence-electron chi connectivity index (χ1n) is 10.8. The molecule has 0 aliphatic carbocycles. The van der Waals surface area contributed by atoms with Gasteiger partial charge in [-0.25, -0.2) is 0 Å². The molecule has 0 aromatic heterocycles. The number of carbonyl (C=O) groups excluding carboxylic acids is 2. The highest BCUT2D eigenvalue weighted by Crippen LogP contribution is 2.15. The van der Waals surface area contributed by atoms with Crippen molar-refractivity contribution in [3.63, 3.8) is 0 Å². The summed E-state index contributed by atoms with van der Waals surface area (Å²) in [7, 11) is 0. The predicted octanol–water partition coefficient (Wildman–Crippen LogP) is 3.97. The monoisotopic (exact) mass is 410 g/mol. The molecule has 2 rings (SSSR count). The van der Waals surface area contributed by atoms with Crippen molar-refractivity contribution in [2.24, 2.45) is 0 Å². The van der Waals surface area contributed by atoms with E-state index < -0.39 is 6.04 Å². The maximum Gasteiger partial charge on any atom is 0.243 e. The Hall–Kier alpha value is -2.66. The van der Waals surface area contributed by atoms with Crippen LogP contribution in [0.5, 0.6) is 0 Å². The van der Waals surface area contributed by atoms with Crippen LogP contribution in [0.1, 0.15) is 44.7 Å². The molecule has 2 aromatic rings. The van der Waals surface area contributed by atoms with Crippen LogP contribution in [0.4, 0.5) is 0 Å². The molecule has 30 heavy (non-hydrogen) atoms. The molecule has 0 radical (unpaired) electrons. The summed E-state index contributed by atoms with van der Waals surface area (Å²) in [6, 6.07) is 19.1. The quantitative estimate of drug-likeness (QED) is 0.539. The molecule has 0 saturated carbocycles. The van der Waals surface area contributed by atoms with Crippen molar-refractivity contribution >= 4 is 11.8 Å². The van der Waals surface area contributed by atoms with Crippen LogP contribution in [0.25, 0.3) is 0 Å². The van der Waals surface area contributed by atoms with E-state index in [1.807, 2.05) is 81.4 Å². The Morgan fingerprint density at radius 2 is 1.57 bits per heavy atom. The van der Waals surface area contributed by atoms with E-state index in [9.17, 15) is 9.59 Å². The first kappa shape index (κ1) is 23.6. The number of nitrogens with zero attached hydrogens (tertiary/aromatic N) is 1. The number of amides is 2. The van der Waals surface area contributed by atoms with E-state index in [1.54, 1.807) is 4.90 Å². The molecule has 1 unspecified atom stereocenters. The van der Waals surface area contributed by atoms with E-state index in [0.29, 0.717) is 32.5 Å². The number of rotatable bonds is 12. The van der Waals surface area contributed by atoms with Crippen LogP contribution in [-0.2, 0) is 27.3 Å². The lowest BCUT2D eigenvalue weighted by Gasteiger charge is -2.31. The first-order valence-corrected chi connectivity index (χ1v) is 10.8. The van der Waals surface area contributed by atoms with Crippen LogP contribution in [-0.4, -0.2) is 42.0 Å². The van der Waals surface area contributed by atoms with Gasteiger partial charge in [-0.05, 0) is 31.4 Å². The number of hydrogen-bond donors (Lipinski definition) is 1. The maximum absolute atomic E-state index is 13.2. The fraction of sp³-hybridized carbons (Fsp3) is 0.440. The molecule has 2 aromatic carbocycles. The number of nitrogens with one attached hydrogen (secondary N) is 1. The molecule has 0 heterocycles. The number of ether oxygens (including phenoxy) is 1. The largest absolute Gasteiger partial charge is 0.379 e. The Labute approximate surface area is 180 Å². The fourth-order valence-corrected chi connectivity index (χ4v) is 3.26. The minimum absolute atomic E-state index is 0.0296. The zero-order chi connectivity index (χ0) is 21.8. The molecular weight excluding hydrogens is 376 g/mol. The third kappa shape index (κ3) is 7.99. The van der Waals surface area contributed by atoms with Crippen LogP contribution in [0.2, 0.25) is 0 Å². The van der Waals surface area contributed by atoms with Crippen molar-refractivity contribution < 1.29 is 14.3 Å². The standard InChI is InChI=1S/C25H34N2O3/c1-4-24(28)27(19-22-14-9-6-10-15-22)23(18-21-12-7-5-8-13-21)25(29)26-16-11-17-30-20(2)3/h5-10,12-15,20,23H,4,11,16-19H2,1-3H3,(H,26,29). The molecule has 0 aliphatic heterocycles. The summed E-state index contributed by atoms with van der Waals surface area (Å²) in [5, 5.41) is 3.01. The number of hydrogen-bond acceptors (Lipinski definition) is 3. The summed E-state index contributed by atoms with van der Waals surface area (Å²) in [6.45, 7) is 7.35. The SMILES string of the molecule is CCC(=O)N(Cc1ccccc1)C(Cc1ccccc1)C(=O)NCCCOC(C)C. The third-order valence-corrected chi connectivity index (χ3v) is 4.84. The Bertz CT molecular complexity index is 762. The van der Waals surface area contributed by atoms with E-state index in [-0.39, 0.29) is 17.9 Å². The first-order chi connectivity index (χ1) is 14.5. The van der Waals surface area contributed by atoms with Crippen LogP contribution in [0.3, 0.4) is 0 Å². The van der Waals surface area contributed by atoms with Gasteiger partial charge in [-0.2, -0.15) is 0 Å². The number of carbonyl (C=O) groups is 2. The molecule has 1 N–H and O–H groups in total. The molecule has 5 heteroatoms. The smallest absolute Gasteiger partial charge is 0.243 e. The van der Waals surface area contributed by atoms with Gasteiger partial charge in [-0.15, -0.1) is 0 Å². The van der Waals surface area contributed by atoms with Gasteiger partial charge in [0.05, 0.1) is 6.10 Å². The topological polar surface area (TPSA) is 58.6 Å². The average Bonchev–Trinajstić information content (AvgIpc) is 2.76. The van der Waals surface area contributed by atoms with Crippen LogP contribution >= 0.6 is 0 Å². The van der Waals surface area contributed by atoms with Crippen molar-refractivity contribution in [3.05, 3.63) is 71.8 Å². The summed E-state index contributed by atoms with van der Waals surface area (Å²) in [4.78, 5) is 27.7. The van der Waals surface area contributed by atoms with E-state index in [2.05, 4.69) is 5.32 Å². The van der Waals surface area contributed by atoms with Crippen LogP contribution in [0, 0.1) is 0 Å². The van der Waals surface area contributed by atoms with E-state index in [0.717, 1.165) is 17.5 Å². The number of benzene rings is 2. The van der Waals surface area contributed by atoms with Crippen molar-refractivity contribution in [3.8, 4) is 0 Å². The Kier molecular flexibility index (Phi) is 10.1. The van der Waals surface area contributed by atoms with Crippen LogP contribution in [0.15, 0.2) is 60.7 Å². The highest BCUT2D eigenvalue weighted by Gasteiger charge is 2.29. The van der Waals surface area contributed by atoms with E-state index in [1.165, 1.54) is 0 Å². The van der Waals surface area contributed by atoms with Gasteiger partial charge in [-0.3, -0.25) is 9.59 Å². The molecular formula is C25H34N2O3. The average molecular weight is 411 g/mol. The zero-order valence-electron chi connectivity index (χ0n) is 18.3. The van der Waals surface area contributed by atoms with Gasteiger partial charge >= 0.3 is 0 Å². The summed E-state index contributed by atoms with van der Waals surface area (Å²) < 4.78 is 5.55. The van der Waals surface area contributed by atoms with Crippen molar-refractivity contribution in [1.29, 1.82) is 0 Å². The lowest BCUT2D eigenvalue weighted by Crippen LogP contribution is -2.50. The van der Waals surface area contributed by atoms with Gasteiger partial charge in [0.25, 0.3) is 0 Å². The molecule has 0 spiro atoms. The van der Waals surface area contributed by atoms with E-state index >= 15 is 0 Å². The van der Waals surface area contributed by atoms with Crippen molar-refractivity contribution in [1.82, 2.24) is 10.2 Å². The zero-order valence-corrected chi connectivity index (χ0v) is 18.3. The van der Waals surface area contributed by atoms with Crippen LogP contribution < -0.4 is 5.32 Å². The molecule has 2 amide bonds. The molecule has 0 aliphatic rings. The summed E-state index contributed by atoms with van der Waals surface area (Å²) >= 11 is 0. The fourth-order valence-electron chi connectivity index (χ4n) is 3.26. The Morgan fingerprint density at radius 1 is 0.967 bits per heavy atom. The van der Waals surface area contributed by atoms with Gasteiger partial charge in [0.2, 0.25) is 11.8 Å². The summed E-state index contributed by atoms with van der Waals surface area (Å²) in [6.07, 6.45) is 1.75. The minimum atomic E-state index is -0.564. The normalized spacial score (nSPS) is 11.9. The van der Waals surface area contributed by atoms with Gasteiger partial charge in [0.1, 0.15) is 6.04 Å². The minimum Gasteiger partial charge on any atom is -0.379 e. The van der Waals surface area contributed by atoms with E-state index in [4.69, 9.17) is 4.74 Å². The second kappa shape index (κ2) is 12.8. The molecule has 5 nitrogen and oxygen atoms in total. The predicted molar refractivity (Wildman–Crippen MR) is 120 cm³/mol. The highest BCUT2D eigenvalue weighted by atomic mass is 16.5. The second-order valence-electron chi connectivity index (χ2n) is 7.63.